The summed E-state index contributed by atoms with van der Waals surface area (Å²) in [6.45, 7) is 0. The Morgan fingerprint density at radius 1 is 0.789 bits per heavy atom. The predicted molar refractivity (Wildman–Crippen MR) is 75.2 cm³/mol. The summed E-state index contributed by atoms with van der Waals surface area (Å²) < 4.78 is 0. The maximum atomic E-state index is 5.96. The van der Waals surface area contributed by atoms with E-state index in [1.165, 1.54) is 0 Å². The molecule has 0 fully saturated rings. The van der Waals surface area contributed by atoms with E-state index in [4.69, 9.17) is 11.6 Å². The van der Waals surface area contributed by atoms with Crippen molar-refractivity contribution in [2.24, 2.45) is 0 Å². The topological polar surface area (TPSA) is 51.6 Å². The van der Waals surface area contributed by atoms with Gasteiger partial charge in [0.1, 0.15) is 5.52 Å². The van der Waals surface area contributed by atoms with Gasteiger partial charge in [0, 0.05) is 10.4 Å². The number of benzene rings is 2. The van der Waals surface area contributed by atoms with Crippen LogP contribution in [0.3, 0.4) is 0 Å². The van der Waals surface area contributed by atoms with E-state index < -0.39 is 0 Å². The van der Waals surface area contributed by atoms with Crippen molar-refractivity contribution in [3.63, 3.8) is 0 Å². The number of hydrogen-bond acceptors (Lipinski definition) is 4. The van der Waals surface area contributed by atoms with Crippen molar-refractivity contribution in [2.45, 2.75) is 0 Å². The molecule has 4 nitrogen and oxygen atoms in total. The van der Waals surface area contributed by atoms with E-state index in [1.54, 1.807) is 6.07 Å². The number of halogens is 1. The molecule has 2 aromatic carbocycles. The highest BCUT2D eigenvalue weighted by Crippen LogP contribution is 2.23. The van der Waals surface area contributed by atoms with E-state index in [0.717, 1.165) is 27.5 Å². The third kappa shape index (κ3) is 1.61. The van der Waals surface area contributed by atoms with Crippen LogP contribution >= 0.6 is 11.6 Å². The van der Waals surface area contributed by atoms with Gasteiger partial charge in [-0.25, -0.2) is 9.97 Å². The Bertz CT molecular complexity index is 936. The number of fused-ring (bicyclic) bond motifs is 4. The van der Waals surface area contributed by atoms with Crippen LogP contribution < -0.4 is 0 Å². The standard InChI is InChI=1S/C14H7ClN4/c15-8-5-6-9-12(7-8)18-19-14-13(9)16-10-3-1-2-4-11(10)17-14/h1-7H. The minimum Gasteiger partial charge on any atom is -0.242 e. The minimum absolute atomic E-state index is 0.550. The van der Waals surface area contributed by atoms with Gasteiger partial charge in [0.15, 0.2) is 0 Å². The number of hydrogen-bond donors (Lipinski definition) is 0. The normalized spacial score (nSPS) is 11.4. The van der Waals surface area contributed by atoms with Crippen molar-refractivity contribution >= 4 is 44.7 Å². The smallest absolute Gasteiger partial charge is 0.201 e. The number of rotatable bonds is 0. The minimum atomic E-state index is 0.550. The van der Waals surface area contributed by atoms with Gasteiger partial charge in [0.25, 0.3) is 0 Å². The van der Waals surface area contributed by atoms with Crippen molar-refractivity contribution in [2.75, 3.05) is 0 Å². The third-order valence-electron chi connectivity index (χ3n) is 3.02. The van der Waals surface area contributed by atoms with Crippen LogP contribution in [-0.2, 0) is 0 Å². The van der Waals surface area contributed by atoms with E-state index in [1.807, 2.05) is 36.4 Å². The van der Waals surface area contributed by atoms with Gasteiger partial charge in [-0.05, 0) is 30.3 Å². The zero-order valence-corrected chi connectivity index (χ0v) is 10.5. The summed E-state index contributed by atoms with van der Waals surface area (Å²) in [4.78, 5) is 9.11. The van der Waals surface area contributed by atoms with Gasteiger partial charge < -0.3 is 0 Å². The molecule has 2 heterocycles. The molecule has 0 aliphatic heterocycles. The second-order valence-corrected chi connectivity index (χ2v) is 4.68. The summed E-state index contributed by atoms with van der Waals surface area (Å²) in [5.41, 5.74) is 3.69. The van der Waals surface area contributed by atoms with Gasteiger partial charge in [0.05, 0.1) is 16.6 Å². The highest BCUT2D eigenvalue weighted by Gasteiger charge is 2.08. The van der Waals surface area contributed by atoms with Gasteiger partial charge in [-0.2, -0.15) is 0 Å². The zero-order valence-electron chi connectivity index (χ0n) is 9.71. The lowest BCUT2D eigenvalue weighted by Gasteiger charge is -2.03. The molecule has 5 heteroatoms. The molecule has 0 saturated carbocycles. The second kappa shape index (κ2) is 3.83. The van der Waals surface area contributed by atoms with Crippen LogP contribution in [0.4, 0.5) is 0 Å². The molecular weight excluding hydrogens is 260 g/mol. The van der Waals surface area contributed by atoms with Crippen LogP contribution in [0.15, 0.2) is 42.5 Å². The summed E-state index contributed by atoms with van der Waals surface area (Å²) >= 11 is 5.96. The SMILES string of the molecule is Clc1ccc2c(c1)nnc1nc3ccccc3nc12. The zero-order chi connectivity index (χ0) is 12.8. The lowest BCUT2D eigenvalue weighted by molar-refractivity contribution is 1.09. The molecule has 0 saturated heterocycles. The predicted octanol–water partition coefficient (Wildman–Crippen LogP) is 3.38. The van der Waals surface area contributed by atoms with Crippen LogP contribution in [0.5, 0.6) is 0 Å². The fraction of sp³-hybridized carbons (Fsp3) is 0. The number of aromatic nitrogens is 4. The molecule has 0 N–H and O–H groups in total. The molecule has 2 aromatic heterocycles. The average Bonchev–Trinajstić information content (AvgIpc) is 2.44. The molecule has 4 aromatic rings. The van der Waals surface area contributed by atoms with E-state index >= 15 is 0 Å². The van der Waals surface area contributed by atoms with Gasteiger partial charge in [0.2, 0.25) is 5.65 Å². The Morgan fingerprint density at radius 3 is 2.42 bits per heavy atom. The molecule has 19 heavy (non-hydrogen) atoms. The maximum absolute atomic E-state index is 5.96. The Labute approximate surface area is 113 Å². The molecule has 0 spiro atoms. The first kappa shape index (κ1) is 10.6. The second-order valence-electron chi connectivity index (χ2n) is 4.25. The molecule has 90 valence electrons. The largest absolute Gasteiger partial charge is 0.242 e. The Balaban J connectivity index is 2.22. The molecule has 0 unspecified atom stereocenters. The van der Waals surface area contributed by atoms with Crippen molar-refractivity contribution < 1.29 is 0 Å². The van der Waals surface area contributed by atoms with Gasteiger partial charge >= 0.3 is 0 Å². The lowest BCUT2D eigenvalue weighted by Crippen LogP contribution is -1.94. The molecule has 0 radical (unpaired) electrons. The third-order valence-corrected chi connectivity index (χ3v) is 3.25. The fourth-order valence-corrected chi connectivity index (χ4v) is 2.30. The first-order valence-electron chi connectivity index (χ1n) is 5.80. The van der Waals surface area contributed by atoms with Crippen LogP contribution in [0, 0.1) is 0 Å². The molecule has 4 rings (SSSR count). The monoisotopic (exact) mass is 266 g/mol. The van der Waals surface area contributed by atoms with Crippen molar-refractivity contribution in [3.05, 3.63) is 47.5 Å². The summed E-state index contributed by atoms with van der Waals surface area (Å²) in [6, 6.07) is 13.2. The fourth-order valence-electron chi connectivity index (χ4n) is 2.13. The van der Waals surface area contributed by atoms with Crippen LogP contribution in [0.2, 0.25) is 5.02 Å². The lowest BCUT2D eigenvalue weighted by atomic mass is 10.2. The highest BCUT2D eigenvalue weighted by atomic mass is 35.5. The Morgan fingerprint density at radius 2 is 1.58 bits per heavy atom. The molecule has 0 aliphatic carbocycles. The van der Waals surface area contributed by atoms with Crippen LogP contribution in [0.25, 0.3) is 33.1 Å². The van der Waals surface area contributed by atoms with E-state index in [-0.39, 0.29) is 0 Å². The highest BCUT2D eigenvalue weighted by molar-refractivity contribution is 6.31. The van der Waals surface area contributed by atoms with Crippen molar-refractivity contribution in [1.82, 2.24) is 20.2 Å². The molecule has 0 amide bonds. The van der Waals surface area contributed by atoms with Gasteiger partial charge in [-0.15, -0.1) is 10.2 Å². The first-order valence-corrected chi connectivity index (χ1v) is 6.17. The van der Waals surface area contributed by atoms with Gasteiger partial charge in [-0.3, -0.25) is 0 Å². The van der Waals surface area contributed by atoms with Crippen LogP contribution in [0.1, 0.15) is 0 Å². The number of nitrogens with zero attached hydrogens (tertiary/aromatic N) is 4. The molecular formula is C14H7ClN4. The molecule has 0 aliphatic rings. The summed E-state index contributed by atoms with van der Waals surface area (Å²) in [5.74, 6) is 0. The Kier molecular flexibility index (Phi) is 2.13. The average molecular weight is 267 g/mol. The first-order chi connectivity index (χ1) is 9.31. The summed E-state index contributed by atoms with van der Waals surface area (Å²) in [5, 5.41) is 9.80. The number of para-hydroxylation sites is 2. The molecule has 0 atom stereocenters. The van der Waals surface area contributed by atoms with E-state index in [2.05, 4.69) is 20.2 Å². The van der Waals surface area contributed by atoms with Gasteiger partial charge in [-0.1, -0.05) is 23.7 Å². The van der Waals surface area contributed by atoms with Crippen molar-refractivity contribution in [3.8, 4) is 0 Å². The molecule has 0 bridgehead atoms. The van der Waals surface area contributed by atoms with Crippen LogP contribution in [-0.4, -0.2) is 20.2 Å². The Hall–Kier alpha value is -2.33. The maximum Gasteiger partial charge on any atom is 0.201 e. The van der Waals surface area contributed by atoms with E-state index in [0.29, 0.717) is 10.7 Å². The quantitative estimate of drug-likeness (QED) is 0.362. The summed E-state index contributed by atoms with van der Waals surface area (Å²) in [6.07, 6.45) is 0. The van der Waals surface area contributed by atoms with E-state index in [9.17, 15) is 0 Å². The summed E-state index contributed by atoms with van der Waals surface area (Å²) in [7, 11) is 0. The van der Waals surface area contributed by atoms with Crippen molar-refractivity contribution in [1.29, 1.82) is 0 Å².